The minimum Gasteiger partial charge on any atom is -0.366 e. The van der Waals surface area contributed by atoms with Gasteiger partial charge in [-0.25, -0.2) is 4.98 Å². The van der Waals surface area contributed by atoms with Crippen LogP contribution in [0.2, 0.25) is 5.28 Å². The van der Waals surface area contributed by atoms with Gasteiger partial charge in [0.05, 0.1) is 19.0 Å². The van der Waals surface area contributed by atoms with E-state index in [1.807, 2.05) is 37.3 Å². The number of halogens is 1. The summed E-state index contributed by atoms with van der Waals surface area (Å²) in [7, 11) is -4.32. The first kappa shape index (κ1) is 25.5. The lowest BCUT2D eigenvalue weighted by atomic mass is 10.1. The molecule has 194 valence electrons. The first-order chi connectivity index (χ1) is 17.0. The molecule has 2 saturated heterocycles. The zero-order chi connectivity index (χ0) is 25.7. The van der Waals surface area contributed by atoms with E-state index in [1.165, 1.54) is 0 Å². The first-order valence-corrected chi connectivity index (χ1v) is 13.5. The molecule has 2 fully saturated rings. The fourth-order valence-electron chi connectivity index (χ4n) is 4.51. The van der Waals surface area contributed by atoms with Crippen LogP contribution in [0.5, 0.6) is 0 Å². The van der Waals surface area contributed by atoms with Gasteiger partial charge in [0, 0.05) is 0 Å². The van der Waals surface area contributed by atoms with Gasteiger partial charge < -0.3 is 34.1 Å². The molecule has 3 aromatic rings. The molecule has 2 aliphatic rings. The standard InChI is InChI=1S/C22H27ClN5O7P/c1-12(13-7-5-4-6-8-13)25-18-15-19(27-21(23)26-18)28(10-24-15)20-17-16(34-22(2,3)35-17)14(33-20)9-32-11-36(29,30)31/h4-8,10,12,14,16-17,20H,9,11H2,1-3H3,(H,25,26,27)(H2,29,30,31)/t12-,14+,16+,17+,20+/m0/s1. The molecular formula is C22H27ClN5O7P. The Bertz CT molecular complexity index is 1290. The molecule has 0 spiro atoms. The molecule has 0 bridgehead atoms. The minimum absolute atomic E-state index is 0.0343. The fraction of sp³-hybridized carbons (Fsp3) is 0.500. The second-order valence-electron chi connectivity index (χ2n) is 9.24. The molecule has 0 saturated carbocycles. The van der Waals surface area contributed by atoms with Crippen LogP contribution in [0.4, 0.5) is 5.82 Å². The van der Waals surface area contributed by atoms with Gasteiger partial charge in [0.1, 0.15) is 24.7 Å². The zero-order valence-electron chi connectivity index (χ0n) is 19.8. The Labute approximate surface area is 212 Å². The van der Waals surface area contributed by atoms with Gasteiger partial charge in [-0.2, -0.15) is 9.97 Å². The number of imidazole rings is 1. The molecule has 1 aromatic carbocycles. The van der Waals surface area contributed by atoms with Crippen molar-refractivity contribution >= 4 is 36.2 Å². The SMILES string of the molecule is C[C@H](Nc1nc(Cl)nc2c1ncn2[C@@H]1O[C@H](COCP(=O)(O)O)[C@H]2OC(C)(C)O[C@H]21)c1ccccc1. The Balaban J connectivity index is 1.43. The van der Waals surface area contributed by atoms with Gasteiger partial charge in [0.2, 0.25) is 5.28 Å². The lowest BCUT2D eigenvalue weighted by Gasteiger charge is -2.24. The van der Waals surface area contributed by atoms with Gasteiger partial charge >= 0.3 is 7.60 Å². The monoisotopic (exact) mass is 539 g/mol. The maximum Gasteiger partial charge on any atom is 0.350 e. The molecule has 0 unspecified atom stereocenters. The molecule has 0 amide bonds. The van der Waals surface area contributed by atoms with E-state index < -0.39 is 44.3 Å². The molecule has 0 aliphatic carbocycles. The Morgan fingerprint density at radius 1 is 1.22 bits per heavy atom. The molecule has 2 aliphatic heterocycles. The van der Waals surface area contributed by atoms with Crippen molar-refractivity contribution in [1.82, 2.24) is 19.5 Å². The third-order valence-corrected chi connectivity index (χ3v) is 6.68. The number of benzene rings is 1. The van der Waals surface area contributed by atoms with Crippen LogP contribution in [-0.2, 0) is 23.5 Å². The predicted octanol–water partition coefficient (Wildman–Crippen LogP) is 3.22. The van der Waals surface area contributed by atoms with Crippen LogP contribution in [-0.4, -0.2) is 66.4 Å². The Morgan fingerprint density at radius 2 is 1.94 bits per heavy atom. The Morgan fingerprint density at radius 3 is 2.67 bits per heavy atom. The van der Waals surface area contributed by atoms with Crippen LogP contribution in [0.25, 0.3) is 11.2 Å². The third-order valence-electron chi connectivity index (χ3n) is 5.99. The molecule has 12 nitrogen and oxygen atoms in total. The quantitative estimate of drug-likeness (QED) is 0.286. The number of hydrogen-bond acceptors (Lipinski definition) is 9. The topological polar surface area (TPSA) is 150 Å². The van der Waals surface area contributed by atoms with E-state index in [4.69, 9.17) is 40.3 Å². The van der Waals surface area contributed by atoms with Crippen molar-refractivity contribution in [3.05, 3.63) is 47.5 Å². The molecule has 0 radical (unpaired) electrons. The van der Waals surface area contributed by atoms with Gasteiger partial charge in [-0.15, -0.1) is 0 Å². The number of nitrogens with zero attached hydrogens (tertiary/aromatic N) is 4. The summed E-state index contributed by atoms with van der Waals surface area (Å²) in [5.41, 5.74) is 2.01. The minimum atomic E-state index is -4.32. The van der Waals surface area contributed by atoms with Crippen molar-refractivity contribution in [2.24, 2.45) is 0 Å². The number of rotatable bonds is 8. The van der Waals surface area contributed by atoms with Crippen molar-refractivity contribution in [2.75, 3.05) is 18.3 Å². The summed E-state index contributed by atoms with van der Waals surface area (Å²) < 4.78 is 36.5. The van der Waals surface area contributed by atoms with Crippen molar-refractivity contribution in [3.63, 3.8) is 0 Å². The van der Waals surface area contributed by atoms with E-state index in [0.717, 1.165) is 5.56 Å². The lowest BCUT2D eigenvalue weighted by molar-refractivity contribution is -0.201. The summed E-state index contributed by atoms with van der Waals surface area (Å²) in [6, 6.07) is 9.83. The number of anilines is 1. The smallest absolute Gasteiger partial charge is 0.350 e. The van der Waals surface area contributed by atoms with Gasteiger partial charge in [0.15, 0.2) is 29.0 Å². The van der Waals surface area contributed by atoms with Crippen LogP contribution < -0.4 is 5.32 Å². The summed E-state index contributed by atoms with van der Waals surface area (Å²) in [5.74, 6) is -0.417. The Hall–Kier alpha value is -2.15. The van der Waals surface area contributed by atoms with Crippen molar-refractivity contribution in [2.45, 2.75) is 57.1 Å². The number of fused-ring (bicyclic) bond motifs is 2. The fourth-order valence-corrected chi connectivity index (χ4v) is 5.02. The molecule has 5 rings (SSSR count). The molecule has 3 N–H and O–H groups in total. The van der Waals surface area contributed by atoms with E-state index in [2.05, 4.69) is 20.3 Å². The number of ether oxygens (including phenoxy) is 4. The highest BCUT2D eigenvalue weighted by atomic mass is 35.5. The lowest BCUT2D eigenvalue weighted by Crippen LogP contribution is -2.33. The highest BCUT2D eigenvalue weighted by Gasteiger charge is 2.56. The van der Waals surface area contributed by atoms with Gasteiger partial charge in [-0.05, 0) is 37.9 Å². The number of aromatic nitrogens is 4. The van der Waals surface area contributed by atoms with Crippen molar-refractivity contribution in [3.8, 4) is 0 Å². The van der Waals surface area contributed by atoms with Gasteiger partial charge in [0.25, 0.3) is 0 Å². The second kappa shape index (κ2) is 9.62. The van der Waals surface area contributed by atoms with Crippen LogP contribution in [0.1, 0.15) is 38.6 Å². The van der Waals surface area contributed by atoms with Crippen LogP contribution in [0.3, 0.4) is 0 Å². The van der Waals surface area contributed by atoms with E-state index in [0.29, 0.717) is 17.0 Å². The maximum absolute atomic E-state index is 11.2. The first-order valence-electron chi connectivity index (χ1n) is 11.4. The number of nitrogens with one attached hydrogen (secondary N) is 1. The summed E-state index contributed by atoms with van der Waals surface area (Å²) in [4.78, 5) is 31.5. The summed E-state index contributed by atoms with van der Waals surface area (Å²) >= 11 is 6.29. The molecule has 14 heteroatoms. The van der Waals surface area contributed by atoms with Gasteiger partial charge in [-0.3, -0.25) is 9.13 Å². The maximum atomic E-state index is 11.2. The van der Waals surface area contributed by atoms with Crippen LogP contribution >= 0.6 is 19.2 Å². The zero-order valence-corrected chi connectivity index (χ0v) is 21.5. The predicted molar refractivity (Wildman–Crippen MR) is 129 cm³/mol. The van der Waals surface area contributed by atoms with E-state index in [1.54, 1.807) is 24.7 Å². The van der Waals surface area contributed by atoms with Crippen molar-refractivity contribution in [1.29, 1.82) is 0 Å². The second-order valence-corrected chi connectivity index (χ2v) is 11.2. The normalized spacial score (nSPS) is 26.3. The van der Waals surface area contributed by atoms with Crippen molar-refractivity contribution < 1.29 is 33.3 Å². The number of hydrogen-bond donors (Lipinski definition) is 3. The summed E-state index contributed by atoms with van der Waals surface area (Å²) in [6.07, 6.45) is -1.57. The summed E-state index contributed by atoms with van der Waals surface area (Å²) in [5, 5.41) is 3.39. The average molecular weight is 540 g/mol. The Kier molecular flexibility index (Phi) is 6.81. The third kappa shape index (κ3) is 5.27. The molecule has 5 atom stereocenters. The van der Waals surface area contributed by atoms with E-state index in [9.17, 15) is 4.57 Å². The van der Waals surface area contributed by atoms with Gasteiger partial charge in [-0.1, -0.05) is 30.3 Å². The van der Waals surface area contributed by atoms with Crippen LogP contribution in [0, 0.1) is 0 Å². The largest absolute Gasteiger partial charge is 0.366 e. The van der Waals surface area contributed by atoms with E-state index in [-0.39, 0.29) is 17.9 Å². The molecular weight excluding hydrogens is 513 g/mol. The highest BCUT2D eigenvalue weighted by molar-refractivity contribution is 7.51. The van der Waals surface area contributed by atoms with Crippen LogP contribution in [0.15, 0.2) is 36.7 Å². The highest BCUT2D eigenvalue weighted by Crippen LogP contribution is 2.44. The molecule has 4 heterocycles. The summed E-state index contributed by atoms with van der Waals surface area (Å²) in [6.45, 7) is 5.49. The molecule has 36 heavy (non-hydrogen) atoms. The molecule has 2 aromatic heterocycles. The average Bonchev–Trinajstić information content (AvgIpc) is 3.44. The van der Waals surface area contributed by atoms with E-state index >= 15 is 0 Å².